The molecule has 3 aromatic carbocycles. The third-order valence-electron chi connectivity index (χ3n) is 6.03. The average molecular weight is 542 g/mol. The molecule has 0 heterocycles. The predicted molar refractivity (Wildman–Crippen MR) is 144 cm³/mol. The number of nitrogens with zero attached hydrogens (tertiary/aromatic N) is 2. The van der Waals surface area contributed by atoms with Crippen molar-refractivity contribution in [3.05, 3.63) is 89.7 Å². The van der Waals surface area contributed by atoms with Crippen LogP contribution in [0.25, 0.3) is 0 Å². The highest BCUT2D eigenvalue weighted by molar-refractivity contribution is 7.92. The number of carbonyl (C=O) groups excluding carboxylic acids is 2. The zero-order valence-corrected chi connectivity index (χ0v) is 22.7. The zero-order valence-electron chi connectivity index (χ0n) is 21.8. The molecule has 0 spiro atoms. The Kier molecular flexibility index (Phi) is 9.46. The SMILES string of the molecule is CCNC(=O)C(C)N(Cc1ccc(F)cc1)C(=O)CN(c1ccc(C)cc1)S(=O)(=O)c1ccc(OC)cc1. The molecule has 3 aromatic rings. The number of aryl methyl sites for hydroxylation is 1. The summed E-state index contributed by atoms with van der Waals surface area (Å²) in [5, 5.41) is 2.70. The molecule has 0 saturated carbocycles. The molecule has 0 aliphatic carbocycles. The number of anilines is 1. The molecule has 1 N–H and O–H groups in total. The Morgan fingerprint density at radius 3 is 2.13 bits per heavy atom. The maximum atomic E-state index is 13.8. The number of rotatable bonds is 11. The van der Waals surface area contributed by atoms with Gasteiger partial charge < -0.3 is 15.0 Å². The van der Waals surface area contributed by atoms with Crippen molar-refractivity contribution >= 4 is 27.5 Å². The Hall–Kier alpha value is -3.92. The molecule has 8 nitrogen and oxygen atoms in total. The van der Waals surface area contributed by atoms with Gasteiger partial charge in [-0.15, -0.1) is 0 Å². The molecule has 0 fully saturated rings. The lowest BCUT2D eigenvalue weighted by atomic mass is 10.1. The van der Waals surface area contributed by atoms with Crippen LogP contribution in [0.1, 0.15) is 25.0 Å². The minimum atomic E-state index is -4.18. The van der Waals surface area contributed by atoms with E-state index in [1.807, 2.05) is 6.92 Å². The molecule has 202 valence electrons. The van der Waals surface area contributed by atoms with E-state index in [9.17, 15) is 22.4 Å². The first kappa shape index (κ1) is 28.6. The van der Waals surface area contributed by atoms with E-state index in [1.165, 1.54) is 60.5 Å². The van der Waals surface area contributed by atoms with E-state index in [1.54, 1.807) is 38.1 Å². The standard InChI is InChI=1S/C28H32FN3O5S/c1-5-30-28(34)21(3)31(18-22-8-10-23(29)11-9-22)27(33)19-32(24-12-6-20(2)7-13-24)38(35,36)26-16-14-25(37-4)15-17-26/h6-17,21H,5,18-19H2,1-4H3,(H,30,34). The maximum Gasteiger partial charge on any atom is 0.264 e. The summed E-state index contributed by atoms with van der Waals surface area (Å²) in [4.78, 5) is 27.7. The fourth-order valence-electron chi connectivity index (χ4n) is 3.81. The summed E-state index contributed by atoms with van der Waals surface area (Å²) in [6.07, 6.45) is 0. The number of likely N-dealkylation sites (N-methyl/N-ethyl adjacent to an activating group) is 1. The van der Waals surface area contributed by atoms with Crippen LogP contribution in [0.5, 0.6) is 5.75 Å². The van der Waals surface area contributed by atoms with Crippen molar-refractivity contribution in [2.45, 2.75) is 38.3 Å². The van der Waals surface area contributed by atoms with Crippen molar-refractivity contribution in [2.24, 2.45) is 0 Å². The van der Waals surface area contributed by atoms with Gasteiger partial charge in [-0.25, -0.2) is 12.8 Å². The number of amides is 2. The summed E-state index contributed by atoms with van der Waals surface area (Å²) in [5.74, 6) is -0.920. The van der Waals surface area contributed by atoms with Crippen LogP contribution in [0.4, 0.5) is 10.1 Å². The van der Waals surface area contributed by atoms with E-state index in [2.05, 4.69) is 5.32 Å². The van der Waals surface area contributed by atoms with E-state index < -0.39 is 34.3 Å². The normalized spacial score (nSPS) is 11.9. The van der Waals surface area contributed by atoms with Crippen LogP contribution in [0.2, 0.25) is 0 Å². The Morgan fingerprint density at radius 1 is 0.974 bits per heavy atom. The molecule has 1 atom stereocenters. The molecule has 0 aromatic heterocycles. The molecule has 0 aliphatic rings. The van der Waals surface area contributed by atoms with Crippen molar-refractivity contribution in [3.8, 4) is 5.75 Å². The third kappa shape index (κ3) is 6.89. The van der Waals surface area contributed by atoms with Crippen LogP contribution in [-0.2, 0) is 26.2 Å². The van der Waals surface area contributed by atoms with E-state index in [0.717, 1.165) is 9.87 Å². The quantitative estimate of drug-likeness (QED) is 0.397. The number of sulfonamides is 1. The number of nitrogens with one attached hydrogen (secondary N) is 1. The lowest BCUT2D eigenvalue weighted by molar-refractivity contribution is -0.139. The number of methoxy groups -OCH3 is 1. The lowest BCUT2D eigenvalue weighted by Gasteiger charge is -2.32. The first-order chi connectivity index (χ1) is 18.1. The molecule has 0 bridgehead atoms. The minimum absolute atomic E-state index is 0.0122. The number of halogens is 1. The maximum absolute atomic E-state index is 13.8. The van der Waals surface area contributed by atoms with Crippen LogP contribution in [0, 0.1) is 12.7 Å². The van der Waals surface area contributed by atoms with Gasteiger partial charge in [0.2, 0.25) is 11.8 Å². The number of hydrogen-bond acceptors (Lipinski definition) is 5. The highest BCUT2D eigenvalue weighted by Crippen LogP contribution is 2.26. The fourth-order valence-corrected chi connectivity index (χ4v) is 5.22. The number of benzene rings is 3. The van der Waals surface area contributed by atoms with Gasteiger partial charge in [-0.3, -0.25) is 13.9 Å². The number of carbonyl (C=O) groups is 2. The van der Waals surface area contributed by atoms with Crippen molar-refractivity contribution in [1.82, 2.24) is 10.2 Å². The summed E-state index contributed by atoms with van der Waals surface area (Å²) >= 11 is 0. The van der Waals surface area contributed by atoms with Crippen molar-refractivity contribution in [1.29, 1.82) is 0 Å². The molecule has 0 aliphatic heterocycles. The van der Waals surface area contributed by atoms with Crippen LogP contribution < -0.4 is 14.4 Å². The highest BCUT2D eigenvalue weighted by atomic mass is 32.2. The largest absolute Gasteiger partial charge is 0.497 e. The van der Waals surface area contributed by atoms with Crippen LogP contribution in [0.3, 0.4) is 0 Å². The van der Waals surface area contributed by atoms with Gasteiger partial charge in [0.05, 0.1) is 17.7 Å². The molecule has 38 heavy (non-hydrogen) atoms. The molecule has 0 radical (unpaired) electrons. The van der Waals surface area contributed by atoms with E-state index in [-0.39, 0.29) is 17.3 Å². The second-order valence-corrected chi connectivity index (χ2v) is 10.6. The van der Waals surface area contributed by atoms with Crippen LogP contribution >= 0.6 is 0 Å². The van der Waals surface area contributed by atoms with E-state index in [0.29, 0.717) is 23.5 Å². The summed E-state index contributed by atoms with van der Waals surface area (Å²) in [7, 11) is -2.70. The molecular formula is C28H32FN3O5S. The average Bonchev–Trinajstić information content (AvgIpc) is 2.91. The third-order valence-corrected chi connectivity index (χ3v) is 7.82. The molecule has 3 rings (SSSR count). The first-order valence-electron chi connectivity index (χ1n) is 12.1. The smallest absolute Gasteiger partial charge is 0.264 e. The Bertz CT molecular complexity index is 1340. The van der Waals surface area contributed by atoms with Gasteiger partial charge in [-0.1, -0.05) is 29.8 Å². The lowest BCUT2D eigenvalue weighted by Crippen LogP contribution is -2.51. The predicted octanol–water partition coefficient (Wildman–Crippen LogP) is 3.89. The summed E-state index contributed by atoms with van der Waals surface area (Å²) in [6.45, 7) is 5.00. The van der Waals surface area contributed by atoms with Gasteiger partial charge in [-0.05, 0) is 74.9 Å². The van der Waals surface area contributed by atoms with E-state index in [4.69, 9.17) is 4.74 Å². The Labute approximate surface area is 223 Å². The van der Waals surface area contributed by atoms with Crippen molar-refractivity contribution < 1.29 is 27.1 Å². The monoisotopic (exact) mass is 541 g/mol. The first-order valence-corrected chi connectivity index (χ1v) is 13.6. The van der Waals surface area contributed by atoms with Gasteiger partial charge in [0.25, 0.3) is 10.0 Å². The molecule has 2 amide bonds. The van der Waals surface area contributed by atoms with Crippen LogP contribution in [-0.4, -0.2) is 51.4 Å². The summed E-state index contributed by atoms with van der Waals surface area (Å²) in [5.41, 5.74) is 1.81. The Balaban J connectivity index is 2.01. The summed E-state index contributed by atoms with van der Waals surface area (Å²) < 4.78 is 47.2. The highest BCUT2D eigenvalue weighted by Gasteiger charge is 2.32. The van der Waals surface area contributed by atoms with Gasteiger partial charge >= 0.3 is 0 Å². The van der Waals surface area contributed by atoms with E-state index >= 15 is 0 Å². The second-order valence-electron chi connectivity index (χ2n) is 8.74. The molecular weight excluding hydrogens is 509 g/mol. The fraction of sp³-hybridized carbons (Fsp3) is 0.286. The Morgan fingerprint density at radius 2 is 1.58 bits per heavy atom. The molecule has 1 unspecified atom stereocenters. The van der Waals surface area contributed by atoms with Crippen LogP contribution in [0.15, 0.2) is 77.7 Å². The van der Waals surface area contributed by atoms with Gasteiger partial charge in [0.15, 0.2) is 0 Å². The van der Waals surface area contributed by atoms with Crippen molar-refractivity contribution in [2.75, 3.05) is 24.5 Å². The number of hydrogen-bond donors (Lipinski definition) is 1. The molecule has 0 saturated heterocycles. The zero-order chi connectivity index (χ0) is 27.9. The van der Waals surface area contributed by atoms with Crippen molar-refractivity contribution in [3.63, 3.8) is 0 Å². The topological polar surface area (TPSA) is 96.0 Å². The molecule has 10 heteroatoms. The second kappa shape index (κ2) is 12.6. The van der Waals surface area contributed by atoms with Gasteiger partial charge in [0, 0.05) is 13.1 Å². The van der Waals surface area contributed by atoms with Gasteiger partial charge in [0.1, 0.15) is 24.2 Å². The minimum Gasteiger partial charge on any atom is -0.497 e. The number of ether oxygens (including phenoxy) is 1. The summed E-state index contributed by atoms with van der Waals surface area (Å²) in [6, 6.07) is 17.3. The van der Waals surface area contributed by atoms with Gasteiger partial charge in [-0.2, -0.15) is 0 Å².